The molecule has 3 rings (SSSR count). The van der Waals surface area contributed by atoms with Crippen molar-refractivity contribution in [3.63, 3.8) is 0 Å². The van der Waals surface area contributed by atoms with E-state index < -0.39 is 0 Å². The van der Waals surface area contributed by atoms with Crippen molar-refractivity contribution in [2.75, 3.05) is 0 Å². The molecule has 2 heterocycles. The molecule has 0 bridgehead atoms. The van der Waals surface area contributed by atoms with Gasteiger partial charge >= 0.3 is 0 Å². The molecule has 0 radical (unpaired) electrons. The number of aryl methyl sites for hydroxylation is 2. The fourth-order valence-corrected chi connectivity index (χ4v) is 5.18. The van der Waals surface area contributed by atoms with Crippen molar-refractivity contribution in [2.45, 2.75) is 30.5 Å². The first kappa shape index (κ1) is 11.0. The summed E-state index contributed by atoms with van der Waals surface area (Å²) in [5.41, 5.74) is 1.61. The maximum atomic E-state index is 3.83. The fraction of sp³-hybridized carbons (Fsp3) is 0.385. The molecule has 1 atom stereocenters. The molecule has 2 aromatic heterocycles. The maximum absolute atomic E-state index is 3.83. The minimum atomic E-state index is 0.502. The minimum Gasteiger partial charge on any atom is -0.149 e. The second kappa shape index (κ2) is 4.63. The topological polar surface area (TPSA) is 0 Å². The van der Waals surface area contributed by atoms with E-state index in [9.17, 15) is 0 Å². The summed E-state index contributed by atoms with van der Waals surface area (Å²) in [7, 11) is 0. The Morgan fingerprint density at radius 1 is 1.38 bits per heavy atom. The summed E-state index contributed by atoms with van der Waals surface area (Å²) in [6, 6.07) is 6.77. The van der Waals surface area contributed by atoms with Crippen molar-refractivity contribution >= 4 is 38.6 Å². The molecule has 0 saturated heterocycles. The van der Waals surface area contributed by atoms with Crippen LogP contribution in [0.15, 0.2) is 23.6 Å². The second-order valence-electron chi connectivity index (χ2n) is 4.20. The van der Waals surface area contributed by atoms with E-state index >= 15 is 0 Å². The van der Waals surface area contributed by atoms with Gasteiger partial charge in [-0.1, -0.05) is 22.0 Å². The van der Waals surface area contributed by atoms with Crippen LogP contribution in [-0.4, -0.2) is 0 Å². The van der Waals surface area contributed by atoms with Crippen LogP contribution in [0.25, 0.3) is 0 Å². The highest BCUT2D eigenvalue weighted by Gasteiger charge is 2.18. The summed E-state index contributed by atoms with van der Waals surface area (Å²) in [6.45, 7) is 0. The molecule has 0 aliphatic heterocycles. The molecule has 1 aliphatic carbocycles. The standard InChI is InChI=1S/C13H13BrS2/c14-11(8-10-4-2-6-15-10)13-7-9-3-1-5-12(9)16-13/h2,4,6-7,11H,1,3,5,8H2. The van der Waals surface area contributed by atoms with Crippen LogP contribution < -0.4 is 0 Å². The van der Waals surface area contributed by atoms with Gasteiger partial charge in [-0.3, -0.25) is 0 Å². The average molecular weight is 313 g/mol. The zero-order valence-corrected chi connectivity index (χ0v) is 12.1. The molecule has 16 heavy (non-hydrogen) atoms. The van der Waals surface area contributed by atoms with Crippen molar-refractivity contribution in [1.82, 2.24) is 0 Å². The van der Waals surface area contributed by atoms with Crippen LogP contribution >= 0.6 is 38.6 Å². The second-order valence-corrected chi connectivity index (χ2v) is 7.51. The van der Waals surface area contributed by atoms with Crippen LogP contribution in [0.3, 0.4) is 0 Å². The number of alkyl halides is 1. The first-order valence-electron chi connectivity index (χ1n) is 5.61. The Bertz CT molecular complexity index is 449. The molecule has 0 spiro atoms. The Morgan fingerprint density at radius 3 is 3.06 bits per heavy atom. The smallest absolute Gasteiger partial charge is 0.0537 e. The first-order valence-corrected chi connectivity index (χ1v) is 8.22. The lowest BCUT2D eigenvalue weighted by atomic mass is 10.2. The van der Waals surface area contributed by atoms with Crippen molar-refractivity contribution in [2.24, 2.45) is 0 Å². The van der Waals surface area contributed by atoms with Gasteiger partial charge in [0, 0.05) is 14.6 Å². The third kappa shape index (κ3) is 2.13. The molecule has 0 amide bonds. The third-order valence-electron chi connectivity index (χ3n) is 3.03. The molecule has 0 N–H and O–H groups in total. The van der Waals surface area contributed by atoms with Gasteiger partial charge < -0.3 is 0 Å². The van der Waals surface area contributed by atoms with Crippen LogP contribution in [0.5, 0.6) is 0 Å². The first-order chi connectivity index (χ1) is 7.83. The Balaban J connectivity index is 1.76. The normalized spacial score (nSPS) is 16.3. The molecule has 1 aliphatic rings. The summed E-state index contributed by atoms with van der Waals surface area (Å²) in [5, 5.41) is 2.16. The van der Waals surface area contributed by atoms with Crippen molar-refractivity contribution in [1.29, 1.82) is 0 Å². The van der Waals surface area contributed by atoms with Gasteiger partial charge in [-0.05, 0) is 48.8 Å². The summed E-state index contributed by atoms with van der Waals surface area (Å²) in [5.74, 6) is 0. The highest BCUT2D eigenvalue weighted by Crippen LogP contribution is 2.38. The summed E-state index contributed by atoms with van der Waals surface area (Å²) in [6.07, 6.45) is 5.08. The average Bonchev–Trinajstić information content (AvgIpc) is 2.91. The summed E-state index contributed by atoms with van der Waals surface area (Å²) >= 11 is 7.69. The highest BCUT2D eigenvalue weighted by atomic mass is 79.9. The molecule has 0 nitrogen and oxygen atoms in total. The van der Waals surface area contributed by atoms with Crippen molar-refractivity contribution < 1.29 is 0 Å². The molecule has 0 aromatic carbocycles. The van der Waals surface area contributed by atoms with E-state index in [2.05, 4.69) is 39.5 Å². The van der Waals surface area contributed by atoms with Crippen LogP contribution in [0.1, 0.15) is 31.4 Å². The Hall–Kier alpha value is -0.120. The summed E-state index contributed by atoms with van der Waals surface area (Å²) < 4.78 is 0. The van der Waals surface area contributed by atoms with Crippen molar-refractivity contribution in [3.8, 4) is 0 Å². The van der Waals surface area contributed by atoms with Gasteiger partial charge in [0.15, 0.2) is 0 Å². The van der Waals surface area contributed by atoms with Gasteiger partial charge in [-0.2, -0.15) is 0 Å². The molecule has 0 saturated carbocycles. The molecular weight excluding hydrogens is 300 g/mol. The van der Waals surface area contributed by atoms with E-state index in [1.807, 2.05) is 22.7 Å². The number of thiophene rings is 2. The lowest BCUT2D eigenvalue weighted by Gasteiger charge is -2.05. The summed E-state index contributed by atoms with van der Waals surface area (Å²) in [4.78, 5) is 5.11. The van der Waals surface area contributed by atoms with E-state index in [1.165, 1.54) is 29.0 Å². The monoisotopic (exact) mass is 312 g/mol. The van der Waals surface area contributed by atoms with E-state index in [1.54, 1.807) is 10.4 Å². The van der Waals surface area contributed by atoms with Gasteiger partial charge in [-0.25, -0.2) is 0 Å². The highest BCUT2D eigenvalue weighted by molar-refractivity contribution is 9.09. The molecule has 2 aromatic rings. The molecule has 3 heteroatoms. The zero-order chi connectivity index (χ0) is 11.0. The third-order valence-corrected chi connectivity index (χ3v) is 6.40. The fourth-order valence-electron chi connectivity index (χ4n) is 2.21. The van der Waals surface area contributed by atoms with E-state index in [-0.39, 0.29) is 0 Å². The number of halogens is 1. The van der Waals surface area contributed by atoms with Crippen LogP contribution in [0.2, 0.25) is 0 Å². The molecular formula is C13H13BrS2. The Labute approximate surface area is 112 Å². The zero-order valence-electron chi connectivity index (χ0n) is 8.91. The van der Waals surface area contributed by atoms with Gasteiger partial charge in [0.25, 0.3) is 0 Å². The molecule has 1 unspecified atom stereocenters. The number of rotatable bonds is 3. The predicted octanol–water partition coefficient (Wildman–Crippen LogP) is 4.98. The van der Waals surface area contributed by atoms with Crippen LogP contribution in [0.4, 0.5) is 0 Å². The number of hydrogen-bond acceptors (Lipinski definition) is 2. The van der Waals surface area contributed by atoms with E-state index in [0.29, 0.717) is 4.83 Å². The van der Waals surface area contributed by atoms with Crippen LogP contribution in [-0.2, 0) is 19.3 Å². The lowest BCUT2D eigenvalue weighted by Crippen LogP contribution is -1.90. The number of fused-ring (bicyclic) bond motifs is 1. The minimum absolute atomic E-state index is 0.502. The van der Waals surface area contributed by atoms with Gasteiger partial charge in [0.05, 0.1) is 4.83 Å². The van der Waals surface area contributed by atoms with Gasteiger partial charge in [0.2, 0.25) is 0 Å². The maximum Gasteiger partial charge on any atom is 0.0537 e. The molecule has 84 valence electrons. The quantitative estimate of drug-likeness (QED) is 0.701. The van der Waals surface area contributed by atoms with E-state index in [4.69, 9.17) is 0 Å². The largest absolute Gasteiger partial charge is 0.149 e. The lowest BCUT2D eigenvalue weighted by molar-refractivity contribution is 0.910. The van der Waals surface area contributed by atoms with Crippen molar-refractivity contribution in [3.05, 3.63) is 43.8 Å². The Morgan fingerprint density at radius 2 is 2.31 bits per heavy atom. The van der Waals surface area contributed by atoms with E-state index in [0.717, 1.165) is 6.42 Å². The predicted molar refractivity (Wildman–Crippen MR) is 76.0 cm³/mol. The SMILES string of the molecule is BrC(Cc1cccs1)c1cc2c(s1)CCC2. The molecule has 0 fully saturated rings. The van der Waals surface area contributed by atoms with Crippen LogP contribution in [0, 0.1) is 0 Å². The van der Waals surface area contributed by atoms with Gasteiger partial charge in [0.1, 0.15) is 0 Å². The van der Waals surface area contributed by atoms with Gasteiger partial charge in [-0.15, -0.1) is 22.7 Å². The Kier molecular flexibility index (Phi) is 3.18. The number of hydrogen-bond donors (Lipinski definition) is 0.